The number of hydrogen-bond acceptors (Lipinski definition) is 1. The van der Waals surface area contributed by atoms with Gasteiger partial charge in [-0.05, 0) is 40.5 Å². The molecular weight excluding hydrogens is 266 g/mol. The van der Waals surface area contributed by atoms with Gasteiger partial charge in [-0.1, -0.05) is 66.2 Å². The van der Waals surface area contributed by atoms with Gasteiger partial charge in [-0.2, -0.15) is 0 Å². The topological polar surface area (TPSA) is 26.0 Å². The van der Waals surface area contributed by atoms with Gasteiger partial charge in [-0.3, -0.25) is 0 Å². The summed E-state index contributed by atoms with van der Waals surface area (Å²) in [5.74, 6) is 0. The van der Waals surface area contributed by atoms with Gasteiger partial charge in [0.2, 0.25) is 0 Å². The van der Waals surface area contributed by atoms with E-state index < -0.39 is 0 Å². The molecule has 0 bridgehead atoms. The van der Waals surface area contributed by atoms with Gasteiger partial charge < -0.3 is 5.73 Å². The SMILES string of the molecule is NC(Cc1ccc2ccccc2c1)c1cccc(Cl)c1. The van der Waals surface area contributed by atoms with Crippen LogP contribution < -0.4 is 5.73 Å². The second-order valence-electron chi connectivity index (χ2n) is 5.05. The third kappa shape index (κ3) is 2.84. The van der Waals surface area contributed by atoms with Crippen molar-refractivity contribution >= 4 is 22.4 Å². The second kappa shape index (κ2) is 5.66. The average molecular weight is 282 g/mol. The lowest BCUT2D eigenvalue weighted by Crippen LogP contribution is -2.13. The summed E-state index contributed by atoms with van der Waals surface area (Å²) >= 11 is 6.01. The van der Waals surface area contributed by atoms with Gasteiger partial charge in [-0.15, -0.1) is 0 Å². The summed E-state index contributed by atoms with van der Waals surface area (Å²) < 4.78 is 0. The minimum Gasteiger partial charge on any atom is -0.324 e. The van der Waals surface area contributed by atoms with Crippen molar-refractivity contribution in [2.24, 2.45) is 5.73 Å². The maximum absolute atomic E-state index is 6.28. The molecule has 0 saturated carbocycles. The standard InChI is InChI=1S/C18H16ClN/c19-17-7-3-6-16(12-17)18(20)11-13-8-9-14-4-1-2-5-15(14)10-13/h1-10,12,18H,11,20H2. The van der Waals surface area contributed by atoms with Gasteiger partial charge in [0.15, 0.2) is 0 Å². The molecule has 0 aromatic heterocycles. The maximum atomic E-state index is 6.28. The number of hydrogen-bond donors (Lipinski definition) is 1. The minimum atomic E-state index is -0.0325. The Bertz CT molecular complexity index is 736. The first-order valence-electron chi connectivity index (χ1n) is 6.71. The fourth-order valence-corrected chi connectivity index (χ4v) is 2.67. The van der Waals surface area contributed by atoms with Crippen LogP contribution >= 0.6 is 11.6 Å². The number of nitrogens with two attached hydrogens (primary N) is 1. The molecule has 0 fully saturated rings. The summed E-state index contributed by atoms with van der Waals surface area (Å²) in [5.41, 5.74) is 8.60. The molecular formula is C18H16ClN. The van der Waals surface area contributed by atoms with Crippen LogP contribution in [0.25, 0.3) is 10.8 Å². The number of benzene rings is 3. The highest BCUT2D eigenvalue weighted by atomic mass is 35.5. The Morgan fingerprint density at radius 3 is 2.45 bits per heavy atom. The highest BCUT2D eigenvalue weighted by Gasteiger charge is 2.08. The van der Waals surface area contributed by atoms with Crippen LogP contribution in [0.1, 0.15) is 17.2 Å². The lowest BCUT2D eigenvalue weighted by molar-refractivity contribution is 0.722. The van der Waals surface area contributed by atoms with Crippen LogP contribution in [0, 0.1) is 0 Å². The van der Waals surface area contributed by atoms with E-state index in [2.05, 4.69) is 42.5 Å². The first kappa shape index (κ1) is 13.2. The largest absolute Gasteiger partial charge is 0.324 e. The molecule has 1 unspecified atom stereocenters. The maximum Gasteiger partial charge on any atom is 0.0409 e. The van der Waals surface area contributed by atoms with E-state index in [1.54, 1.807) is 0 Å². The van der Waals surface area contributed by atoms with E-state index in [0.717, 1.165) is 17.0 Å². The molecule has 20 heavy (non-hydrogen) atoms. The number of fused-ring (bicyclic) bond motifs is 1. The van der Waals surface area contributed by atoms with Crippen molar-refractivity contribution in [2.45, 2.75) is 12.5 Å². The highest BCUT2D eigenvalue weighted by Crippen LogP contribution is 2.22. The molecule has 2 heteroatoms. The van der Waals surface area contributed by atoms with Crippen LogP contribution in [-0.4, -0.2) is 0 Å². The van der Waals surface area contributed by atoms with Crippen molar-refractivity contribution in [3.63, 3.8) is 0 Å². The van der Waals surface area contributed by atoms with Crippen molar-refractivity contribution in [1.82, 2.24) is 0 Å². The Kier molecular flexibility index (Phi) is 3.72. The monoisotopic (exact) mass is 281 g/mol. The summed E-state index contributed by atoms with van der Waals surface area (Å²) in [4.78, 5) is 0. The predicted octanol–water partition coefficient (Wildman–Crippen LogP) is 4.74. The average Bonchev–Trinajstić information content (AvgIpc) is 2.47. The molecule has 0 radical (unpaired) electrons. The molecule has 0 saturated heterocycles. The van der Waals surface area contributed by atoms with Crippen molar-refractivity contribution < 1.29 is 0 Å². The van der Waals surface area contributed by atoms with Crippen LogP contribution in [0.4, 0.5) is 0 Å². The molecule has 1 atom stereocenters. The zero-order valence-electron chi connectivity index (χ0n) is 11.1. The zero-order chi connectivity index (χ0) is 13.9. The Hall–Kier alpha value is -1.83. The predicted molar refractivity (Wildman–Crippen MR) is 86.0 cm³/mol. The van der Waals surface area contributed by atoms with E-state index in [9.17, 15) is 0 Å². The zero-order valence-corrected chi connectivity index (χ0v) is 11.8. The lowest BCUT2D eigenvalue weighted by atomic mass is 9.98. The van der Waals surface area contributed by atoms with Crippen LogP contribution in [0.5, 0.6) is 0 Å². The quantitative estimate of drug-likeness (QED) is 0.737. The summed E-state index contributed by atoms with van der Waals surface area (Å²) in [5, 5.41) is 3.24. The van der Waals surface area contributed by atoms with Gasteiger partial charge in [0.05, 0.1) is 0 Å². The molecule has 0 aliphatic rings. The van der Waals surface area contributed by atoms with Crippen molar-refractivity contribution in [2.75, 3.05) is 0 Å². The second-order valence-corrected chi connectivity index (χ2v) is 5.48. The summed E-state index contributed by atoms with van der Waals surface area (Å²) in [6.45, 7) is 0. The smallest absolute Gasteiger partial charge is 0.0409 e. The summed E-state index contributed by atoms with van der Waals surface area (Å²) in [6, 6.07) is 22.6. The Labute approximate surface area is 124 Å². The fraction of sp³-hybridized carbons (Fsp3) is 0.111. The summed E-state index contributed by atoms with van der Waals surface area (Å²) in [6.07, 6.45) is 0.811. The molecule has 1 nitrogen and oxygen atoms in total. The molecule has 0 heterocycles. The Morgan fingerprint density at radius 2 is 1.65 bits per heavy atom. The van der Waals surface area contributed by atoms with E-state index >= 15 is 0 Å². The van der Waals surface area contributed by atoms with Crippen LogP contribution in [0.2, 0.25) is 5.02 Å². The van der Waals surface area contributed by atoms with Gasteiger partial charge in [0.1, 0.15) is 0 Å². The first-order chi connectivity index (χ1) is 9.72. The number of halogens is 1. The van der Waals surface area contributed by atoms with E-state index in [-0.39, 0.29) is 6.04 Å². The minimum absolute atomic E-state index is 0.0325. The van der Waals surface area contributed by atoms with Crippen LogP contribution in [0.15, 0.2) is 66.7 Å². The molecule has 0 spiro atoms. The van der Waals surface area contributed by atoms with Gasteiger partial charge in [0.25, 0.3) is 0 Å². The van der Waals surface area contributed by atoms with E-state index in [1.165, 1.54) is 16.3 Å². The van der Waals surface area contributed by atoms with E-state index in [1.807, 2.05) is 24.3 Å². The van der Waals surface area contributed by atoms with Gasteiger partial charge in [0, 0.05) is 11.1 Å². The normalized spacial score (nSPS) is 12.5. The van der Waals surface area contributed by atoms with E-state index in [4.69, 9.17) is 17.3 Å². The number of rotatable bonds is 3. The van der Waals surface area contributed by atoms with E-state index in [0.29, 0.717) is 0 Å². The van der Waals surface area contributed by atoms with Crippen molar-refractivity contribution in [3.8, 4) is 0 Å². The Morgan fingerprint density at radius 1 is 0.850 bits per heavy atom. The molecule has 3 aromatic carbocycles. The van der Waals surface area contributed by atoms with Crippen molar-refractivity contribution in [1.29, 1.82) is 0 Å². The third-order valence-corrected chi connectivity index (χ3v) is 3.78. The van der Waals surface area contributed by atoms with Gasteiger partial charge >= 0.3 is 0 Å². The fourth-order valence-electron chi connectivity index (χ4n) is 2.47. The molecule has 0 aliphatic carbocycles. The molecule has 2 N–H and O–H groups in total. The molecule has 3 aromatic rings. The molecule has 0 aliphatic heterocycles. The highest BCUT2D eigenvalue weighted by molar-refractivity contribution is 6.30. The third-order valence-electron chi connectivity index (χ3n) is 3.55. The molecule has 3 rings (SSSR count). The lowest BCUT2D eigenvalue weighted by Gasteiger charge is -2.13. The van der Waals surface area contributed by atoms with Crippen molar-refractivity contribution in [3.05, 3.63) is 82.9 Å². The Balaban J connectivity index is 1.85. The molecule has 100 valence electrons. The first-order valence-corrected chi connectivity index (χ1v) is 7.09. The van der Waals surface area contributed by atoms with Crippen LogP contribution in [0.3, 0.4) is 0 Å². The summed E-state index contributed by atoms with van der Waals surface area (Å²) in [7, 11) is 0. The van der Waals surface area contributed by atoms with Crippen LogP contribution in [-0.2, 0) is 6.42 Å². The molecule has 0 amide bonds. The van der Waals surface area contributed by atoms with Gasteiger partial charge in [-0.25, -0.2) is 0 Å².